The van der Waals surface area contributed by atoms with Gasteiger partial charge >= 0.3 is 0 Å². The maximum absolute atomic E-state index is 12.5. The van der Waals surface area contributed by atoms with Crippen LogP contribution in [0, 0.1) is 5.92 Å². The Balaban J connectivity index is 1.35. The number of hydrogen-bond donors (Lipinski definition) is 1. The number of nitrogens with zero attached hydrogens (tertiary/aromatic N) is 2. The van der Waals surface area contributed by atoms with E-state index in [0.29, 0.717) is 18.4 Å². The standard InChI is InChI=1S/C23H31N3O2S/c1-17-5-2-3-8-21(17)25-22(27)14-20-16-29-23(24-20)19-7-4-6-18(13-19)15-26-9-11-28-12-10-26/h4,6-7,13,16-17,21H,2-3,5,8-12,14-15H2,1H3,(H,25,27). The van der Waals surface area contributed by atoms with Gasteiger partial charge in [-0.3, -0.25) is 9.69 Å². The third-order valence-corrected chi connectivity index (χ3v) is 6.98. The van der Waals surface area contributed by atoms with Crippen molar-refractivity contribution in [2.24, 2.45) is 5.92 Å². The van der Waals surface area contributed by atoms with E-state index in [-0.39, 0.29) is 5.91 Å². The molecule has 156 valence electrons. The SMILES string of the molecule is CC1CCCCC1NC(=O)Cc1csc(-c2cccc(CN3CCOCC3)c2)n1. The first-order valence-corrected chi connectivity index (χ1v) is 11.7. The number of morpholine rings is 1. The predicted octanol–water partition coefficient (Wildman–Crippen LogP) is 3.88. The van der Waals surface area contributed by atoms with Gasteiger partial charge in [-0.15, -0.1) is 11.3 Å². The van der Waals surface area contributed by atoms with Crippen molar-refractivity contribution in [3.63, 3.8) is 0 Å². The van der Waals surface area contributed by atoms with E-state index in [1.54, 1.807) is 11.3 Å². The van der Waals surface area contributed by atoms with Crippen LogP contribution in [0.1, 0.15) is 43.9 Å². The van der Waals surface area contributed by atoms with Gasteiger partial charge in [-0.25, -0.2) is 4.98 Å². The third-order valence-electron chi connectivity index (χ3n) is 6.04. The number of aromatic nitrogens is 1. The molecule has 1 aromatic carbocycles. The van der Waals surface area contributed by atoms with E-state index in [1.165, 1.54) is 24.8 Å². The second-order valence-corrected chi connectivity index (χ2v) is 9.20. The Morgan fingerprint density at radius 2 is 2.10 bits per heavy atom. The van der Waals surface area contributed by atoms with Gasteiger partial charge < -0.3 is 10.1 Å². The lowest BCUT2D eigenvalue weighted by molar-refractivity contribution is -0.121. The molecule has 0 radical (unpaired) electrons. The fourth-order valence-electron chi connectivity index (χ4n) is 4.29. The molecule has 2 atom stereocenters. The van der Waals surface area contributed by atoms with Crippen molar-refractivity contribution in [3.05, 3.63) is 40.9 Å². The third kappa shape index (κ3) is 5.65. The summed E-state index contributed by atoms with van der Waals surface area (Å²) in [6.45, 7) is 6.79. The molecule has 1 N–H and O–H groups in total. The zero-order valence-corrected chi connectivity index (χ0v) is 18.0. The van der Waals surface area contributed by atoms with Crippen molar-refractivity contribution in [1.29, 1.82) is 0 Å². The normalized spacial score (nSPS) is 23.1. The minimum Gasteiger partial charge on any atom is -0.379 e. The molecule has 2 fully saturated rings. The second kappa shape index (κ2) is 9.83. The van der Waals surface area contributed by atoms with Crippen LogP contribution in [0.25, 0.3) is 10.6 Å². The monoisotopic (exact) mass is 413 g/mol. The molecule has 1 aromatic heterocycles. The summed E-state index contributed by atoms with van der Waals surface area (Å²) >= 11 is 1.62. The number of nitrogens with one attached hydrogen (secondary N) is 1. The average Bonchev–Trinajstić information content (AvgIpc) is 3.19. The van der Waals surface area contributed by atoms with Gasteiger partial charge in [-0.2, -0.15) is 0 Å². The predicted molar refractivity (Wildman–Crippen MR) is 117 cm³/mol. The first-order chi connectivity index (χ1) is 14.2. The lowest BCUT2D eigenvalue weighted by Crippen LogP contribution is -2.41. The molecule has 6 heteroatoms. The van der Waals surface area contributed by atoms with Crippen LogP contribution in [0.4, 0.5) is 0 Å². The van der Waals surface area contributed by atoms with Gasteiger partial charge in [-0.05, 0) is 30.4 Å². The van der Waals surface area contributed by atoms with E-state index in [9.17, 15) is 4.79 Å². The minimum atomic E-state index is 0.0988. The molecule has 1 aliphatic carbocycles. The van der Waals surface area contributed by atoms with Crippen molar-refractivity contribution < 1.29 is 9.53 Å². The van der Waals surface area contributed by atoms with Crippen LogP contribution >= 0.6 is 11.3 Å². The maximum atomic E-state index is 12.5. The summed E-state index contributed by atoms with van der Waals surface area (Å²) in [7, 11) is 0. The Labute approximate surface area is 177 Å². The highest BCUT2D eigenvalue weighted by Gasteiger charge is 2.23. The molecule has 29 heavy (non-hydrogen) atoms. The highest BCUT2D eigenvalue weighted by atomic mass is 32.1. The van der Waals surface area contributed by atoms with E-state index in [1.807, 2.05) is 5.38 Å². The van der Waals surface area contributed by atoms with Crippen LogP contribution in [-0.2, 0) is 22.5 Å². The van der Waals surface area contributed by atoms with Gasteiger partial charge in [-0.1, -0.05) is 38.0 Å². The topological polar surface area (TPSA) is 54.5 Å². The molecule has 2 aromatic rings. The lowest BCUT2D eigenvalue weighted by Gasteiger charge is -2.29. The largest absolute Gasteiger partial charge is 0.379 e. The summed E-state index contributed by atoms with van der Waals surface area (Å²) in [6.07, 6.45) is 5.19. The molecular formula is C23H31N3O2S. The first-order valence-electron chi connectivity index (χ1n) is 10.8. The number of benzene rings is 1. The maximum Gasteiger partial charge on any atom is 0.226 e. The molecule has 2 aliphatic rings. The molecule has 2 unspecified atom stereocenters. The highest BCUT2D eigenvalue weighted by Crippen LogP contribution is 2.26. The molecule has 1 saturated carbocycles. The number of carbonyl (C=O) groups excluding carboxylic acids is 1. The van der Waals surface area contributed by atoms with E-state index < -0.39 is 0 Å². The van der Waals surface area contributed by atoms with Gasteiger partial charge in [0.25, 0.3) is 0 Å². The van der Waals surface area contributed by atoms with E-state index in [0.717, 1.165) is 55.5 Å². The average molecular weight is 414 g/mol. The van der Waals surface area contributed by atoms with Crippen LogP contribution in [-0.4, -0.2) is 48.1 Å². The molecular weight excluding hydrogens is 382 g/mol. The van der Waals surface area contributed by atoms with Crippen LogP contribution in [0.3, 0.4) is 0 Å². The molecule has 2 heterocycles. The van der Waals surface area contributed by atoms with Gasteiger partial charge in [0.05, 0.1) is 25.3 Å². The molecule has 5 nitrogen and oxygen atoms in total. The molecule has 1 amide bonds. The number of amides is 1. The molecule has 0 bridgehead atoms. The fraction of sp³-hybridized carbons (Fsp3) is 0.565. The Morgan fingerprint density at radius 3 is 2.93 bits per heavy atom. The lowest BCUT2D eigenvalue weighted by atomic mass is 9.86. The Hall–Kier alpha value is -1.76. The number of hydrogen-bond acceptors (Lipinski definition) is 5. The summed E-state index contributed by atoms with van der Waals surface area (Å²) in [5.41, 5.74) is 3.29. The molecule has 1 aliphatic heterocycles. The second-order valence-electron chi connectivity index (χ2n) is 8.35. The van der Waals surface area contributed by atoms with Crippen molar-refractivity contribution in [3.8, 4) is 10.6 Å². The first kappa shape index (κ1) is 20.5. The summed E-state index contributed by atoms with van der Waals surface area (Å²) in [5.74, 6) is 0.676. The quantitative estimate of drug-likeness (QED) is 0.781. The number of ether oxygens (including phenoxy) is 1. The van der Waals surface area contributed by atoms with Crippen molar-refractivity contribution in [1.82, 2.24) is 15.2 Å². The number of thiazole rings is 1. The van der Waals surface area contributed by atoms with Crippen LogP contribution < -0.4 is 5.32 Å². The zero-order valence-electron chi connectivity index (χ0n) is 17.2. The number of carbonyl (C=O) groups is 1. The number of rotatable bonds is 6. The van der Waals surface area contributed by atoms with Crippen LogP contribution in [0.5, 0.6) is 0 Å². The van der Waals surface area contributed by atoms with Crippen molar-refractivity contribution in [2.75, 3.05) is 26.3 Å². The Morgan fingerprint density at radius 1 is 1.28 bits per heavy atom. The zero-order chi connectivity index (χ0) is 20.1. The van der Waals surface area contributed by atoms with E-state index in [4.69, 9.17) is 9.72 Å². The van der Waals surface area contributed by atoms with Gasteiger partial charge in [0.15, 0.2) is 0 Å². The molecule has 4 rings (SSSR count). The van der Waals surface area contributed by atoms with Crippen LogP contribution in [0.2, 0.25) is 0 Å². The van der Waals surface area contributed by atoms with Crippen molar-refractivity contribution >= 4 is 17.2 Å². The summed E-state index contributed by atoms with van der Waals surface area (Å²) in [6, 6.07) is 8.93. The molecule has 0 spiro atoms. The summed E-state index contributed by atoms with van der Waals surface area (Å²) < 4.78 is 5.44. The smallest absolute Gasteiger partial charge is 0.226 e. The fourth-order valence-corrected chi connectivity index (χ4v) is 5.11. The van der Waals surface area contributed by atoms with E-state index >= 15 is 0 Å². The summed E-state index contributed by atoms with van der Waals surface area (Å²) in [5, 5.41) is 6.24. The highest BCUT2D eigenvalue weighted by molar-refractivity contribution is 7.13. The van der Waals surface area contributed by atoms with Crippen molar-refractivity contribution in [2.45, 2.75) is 51.6 Å². The summed E-state index contributed by atoms with van der Waals surface area (Å²) in [4.78, 5) is 19.7. The Bertz CT molecular complexity index is 816. The molecule has 1 saturated heterocycles. The minimum absolute atomic E-state index is 0.0988. The van der Waals surface area contributed by atoms with Gasteiger partial charge in [0.1, 0.15) is 5.01 Å². The Kier molecular flexibility index (Phi) is 6.95. The van der Waals surface area contributed by atoms with E-state index in [2.05, 4.69) is 41.4 Å². The van der Waals surface area contributed by atoms with Gasteiger partial charge in [0, 0.05) is 36.6 Å². The van der Waals surface area contributed by atoms with Gasteiger partial charge in [0.2, 0.25) is 5.91 Å². The van der Waals surface area contributed by atoms with Crippen LogP contribution in [0.15, 0.2) is 29.6 Å².